The number of imidazole rings is 1. The molecule has 0 atom stereocenters. The van der Waals surface area contributed by atoms with Crippen LogP contribution in [-0.4, -0.2) is 42.3 Å². The van der Waals surface area contributed by atoms with E-state index in [9.17, 15) is 13.2 Å². The molecule has 3 rings (SSSR count). The zero-order chi connectivity index (χ0) is 21.9. The van der Waals surface area contributed by atoms with Gasteiger partial charge in [0.15, 0.2) is 0 Å². The molecule has 0 unspecified atom stereocenters. The van der Waals surface area contributed by atoms with Gasteiger partial charge in [0.25, 0.3) is 0 Å². The number of carbonyl (C=O) groups is 1. The molecule has 1 heterocycles. The second-order valence-corrected chi connectivity index (χ2v) is 9.46. The summed E-state index contributed by atoms with van der Waals surface area (Å²) in [5.41, 5.74) is 3.44. The topological polar surface area (TPSA) is 84.3 Å². The minimum atomic E-state index is -3.52. The number of nitrogens with one attached hydrogen (secondary N) is 1. The Morgan fingerprint density at radius 2 is 1.90 bits per heavy atom. The number of hydrogen-bond acceptors (Lipinski definition) is 4. The summed E-state index contributed by atoms with van der Waals surface area (Å²) in [4.78, 5) is 17.3. The number of aryl methyl sites for hydroxylation is 3. The molecule has 0 saturated carbocycles. The number of benzene rings is 2. The minimum Gasteiger partial charge on any atom is -0.328 e. The van der Waals surface area contributed by atoms with E-state index in [1.165, 1.54) is 24.0 Å². The van der Waals surface area contributed by atoms with Crippen LogP contribution in [0.25, 0.3) is 11.0 Å². The molecule has 1 aromatic heterocycles. The molecule has 7 nitrogen and oxygen atoms in total. The third-order valence-corrected chi connectivity index (χ3v) is 6.90. The predicted octanol–water partition coefficient (Wildman–Crippen LogP) is 3.44. The Labute approximate surface area is 177 Å². The maximum atomic E-state index is 12.4. The number of nitrogens with zero attached hydrogens (tertiary/aromatic N) is 3. The lowest BCUT2D eigenvalue weighted by atomic mass is 10.1. The average molecular weight is 429 g/mol. The number of sulfonamides is 1. The summed E-state index contributed by atoms with van der Waals surface area (Å²) in [5.74, 6) is 0.693. The van der Waals surface area contributed by atoms with Gasteiger partial charge in [0.1, 0.15) is 5.82 Å². The standard InChI is InChI=1S/C22H28N4O3S/c1-5-16-8-7-9-17(14-16)23-22(27)13-12-21-24-19-15-18(30(28,29)25(3)4)10-11-20(19)26(21)6-2/h7-11,14-15H,5-6,12-13H2,1-4H3,(H,23,27). The van der Waals surface area contributed by atoms with E-state index in [-0.39, 0.29) is 10.8 Å². The quantitative estimate of drug-likeness (QED) is 0.596. The van der Waals surface area contributed by atoms with Crippen LogP contribution in [0.15, 0.2) is 47.4 Å². The fraction of sp³-hybridized carbons (Fsp3) is 0.364. The van der Waals surface area contributed by atoms with Gasteiger partial charge in [-0.3, -0.25) is 4.79 Å². The average Bonchev–Trinajstić information content (AvgIpc) is 3.08. The highest BCUT2D eigenvalue weighted by molar-refractivity contribution is 7.89. The lowest BCUT2D eigenvalue weighted by Gasteiger charge is -2.11. The number of amides is 1. The van der Waals surface area contributed by atoms with E-state index in [1.807, 2.05) is 35.8 Å². The second kappa shape index (κ2) is 8.97. The molecular formula is C22H28N4O3S. The number of fused-ring (bicyclic) bond motifs is 1. The van der Waals surface area contributed by atoms with Gasteiger partial charge >= 0.3 is 0 Å². The zero-order valence-corrected chi connectivity index (χ0v) is 18.7. The second-order valence-electron chi connectivity index (χ2n) is 7.31. The third-order valence-electron chi connectivity index (χ3n) is 5.09. The van der Waals surface area contributed by atoms with Crippen LogP contribution in [0, 0.1) is 0 Å². The van der Waals surface area contributed by atoms with Crippen molar-refractivity contribution in [2.45, 2.75) is 44.6 Å². The van der Waals surface area contributed by atoms with Gasteiger partial charge in [-0.1, -0.05) is 19.1 Å². The first kappa shape index (κ1) is 22.0. The van der Waals surface area contributed by atoms with Gasteiger partial charge in [0, 0.05) is 39.2 Å². The molecule has 0 aliphatic heterocycles. The molecule has 3 aromatic rings. The zero-order valence-electron chi connectivity index (χ0n) is 17.8. The summed E-state index contributed by atoms with van der Waals surface area (Å²) < 4.78 is 28.0. The number of aromatic nitrogens is 2. The van der Waals surface area contributed by atoms with Crippen LogP contribution in [0.5, 0.6) is 0 Å². The van der Waals surface area contributed by atoms with Gasteiger partial charge in [-0.05, 0) is 49.2 Å². The van der Waals surface area contributed by atoms with Crippen LogP contribution < -0.4 is 5.32 Å². The Bertz CT molecular complexity index is 1170. The van der Waals surface area contributed by atoms with E-state index in [1.54, 1.807) is 18.2 Å². The molecule has 0 radical (unpaired) electrons. The lowest BCUT2D eigenvalue weighted by Crippen LogP contribution is -2.22. The maximum absolute atomic E-state index is 12.4. The van der Waals surface area contributed by atoms with Gasteiger partial charge in [0.05, 0.1) is 15.9 Å². The minimum absolute atomic E-state index is 0.0752. The van der Waals surface area contributed by atoms with E-state index in [0.29, 0.717) is 24.9 Å². The lowest BCUT2D eigenvalue weighted by molar-refractivity contribution is -0.116. The van der Waals surface area contributed by atoms with Crippen LogP contribution in [0.3, 0.4) is 0 Å². The molecule has 2 aromatic carbocycles. The Morgan fingerprint density at radius 3 is 2.57 bits per heavy atom. The highest BCUT2D eigenvalue weighted by atomic mass is 32.2. The summed E-state index contributed by atoms with van der Waals surface area (Å²) in [7, 11) is -0.516. The number of hydrogen-bond donors (Lipinski definition) is 1. The van der Waals surface area contributed by atoms with Crippen molar-refractivity contribution in [2.24, 2.45) is 0 Å². The number of anilines is 1. The molecule has 0 fully saturated rings. The van der Waals surface area contributed by atoms with Gasteiger partial charge < -0.3 is 9.88 Å². The summed E-state index contributed by atoms with van der Waals surface area (Å²) in [6.07, 6.45) is 1.68. The first-order valence-corrected chi connectivity index (χ1v) is 11.5. The van der Waals surface area contributed by atoms with Crippen molar-refractivity contribution >= 4 is 32.7 Å². The normalized spacial score (nSPS) is 11.9. The molecule has 1 amide bonds. The summed E-state index contributed by atoms with van der Waals surface area (Å²) in [5, 5.41) is 2.94. The molecule has 30 heavy (non-hydrogen) atoms. The van der Waals surface area contributed by atoms with Crippen LogP contribution >= 0.6 is 0 Å². The smallest absolute Gasteiger partial charge is 0.242 e. The SMILES string of the molecule is CCc1cccc(NC(=O)CCc2nc3cc(S(=O)(=O)N(C)C)ccc3n2CC)c1. The number of rotatable bonds is 8. The third kappa shape index (κ3) is 4.55. The van der Waals surface area contributed by atoms with E-state index in [0.717, 1.165) is 23.4 Å². The van der Waals surface area contributed by atoms with E-state index in [4.69, 9.17) is 0 Å². The molecular weight excluding hydrogens is 400 g/mol. The summed E-state index contributed by atoms with van der Waals surface area (Å²) in [6, 6.07) is 12.8. The van der Waals surface area contributed by atoms with Crippen molar-refractivity contribution in [1.82, 2.24) is 13.9 Å². The van der Waals surface area contributed by atoms with Crippen molar-refractivity contribution in [1.29, 1.82) is 0 Å². The van der Waals surface area contributed by atoms with E-state index >= 15 is 0 Å². The Balaban J connectivity index is 1.79. The van der Waals surface area contributed by atoms with Crippen LogP contribution in [-0.2, 0) is 34.2 Å². The summed E-state index contributed by atoms with van der Waals surface area (Å²) >= 11 is 0. The van der Waals surface area contributed by atoms with Gasteiger partial charge in [-0.25, -0.2) is 17.7 Å². The fourth-order valence-electron chi connectivity index (χ4n) is 3.39. The Hall–Kier alpha value is -2.71. The molecule has 0 saturated heterocycles. The molecule has 1 N–H and O–H groups in total. The van der Waals surface area contributed by atoms with Gasteiger partial charge in [0.2, 0.25) is 15.9 Å². The van der Waals surface area contributed by atoms with Crippen molar-refractivity contribution in [3.63, 3.8) is 0 Å². The Kier molecular flexibility index (Phi) is 6.58. The van der Waals surface area contributed by atoms with Crippen LogP contribution in [0.1, 0.15) is 31.7 Å². The monoisotopic (exact) mass is 428 g/mol. The van der Waals surface area contributed by atoms with E-state index < -0.39 is 10.0 Å². The Morgan fingerprint density at radius 1 is 1.13 bits per heavy atom. The van der Waals surface area contributed by atoms with Crippen molar-refractivity contribution in [2.75, 3.05) is 19.4 Å². The van der Waals surface area contributed by atoms with Crippen LogP contribution in [0.4, 0.5) is 5.69 Å². The van der Waals surface area contributed by atoms with Crippen LogP contribution in [0.2, 0.25) is 0 Å². The first-order valence-electron chi connectivity index (χ1n) is 10.1. The van der Waals surface area contributed by atoms with Crippen molar-refractivity contribution in [3.8, 4) is 0 Å². The highest BCUT2D eigenvalue weighted by Crippen LogP contribution is 2.23. The molecule has 0 bridgehead atoms. The van der Waals surface area contributed by atoms with E-state index in [2.05, 4.69) is 17.2 Å². The van der Waals surface area contributed by atoms with Crippen molar-refractivity contribution in [3.05, 3.63) is 53.9 Å². The largest absolute Gasteiger partial charge is 0.328 e. The molecule has 0 aliphatic rings. The first-order chi connectivity index (χ1) is 14.3. The predicted molar refractivity (Wildman–Crippen MR) is 119 cm³/mol. The maximum Gasteiger partial charge on any atom is 0.242 e. The van der Waals surface area contributed by atoms with Crippen molar-refractivity contribution < 1.29 is 13.2 Å². The summed E-state index contributed by atoms with van der Waals surface area (Å²) in [6.45, 7) is 4.77. The molecule has 8 heteroatoms. The molecule has 0 spiro atoms. The molecule has 0 aliphatic carbocycles. The van der Waals surface area contributed by atoms with Gasteiger partial charge in [-0.2, -0.15) is 0 Å². The fourth-order valence-corrected chi connectivity index (χ4v) is 4.31. The molecule has 160 valence electrons. The highest BCUT2D eigenvalue weighted by Gasteiger charge is 2.19. The van der Waals surface area contributed by atoms with Gasteiger partial charge in [-0.15, -0.1) is 0 Å². The number of carbonyl (C=O) groups excluding carboxylic acids is 1.